The van der Waals surface area contributed by atoms with Crippen LogP contribution in [0.4, 0.5) is 0 Å². The van der Waals surface area contributed by atoms with E-state index in [-0.39, 0.29) is 86.9 Å². The van der Waals surface area contributed by atoms with Gasteiger partial charge in [-0.15, -0.1) is 11.8 Å². The predicted molar refractivity (Wildman–Crippen MR) is 485 cm³/mol. The number of phenols is 2. The number of ketones is 3. The largest absolute Gasteiger partial charge is 0.508 e. The molecular formula is C96H121N13O19S. The summed E-state index contributed by atoms with van der Waals surface area (Å²) in [5.74, 6) is -16.6. The number of carbonyl (C=O) groups excluding carboxylic acids is 16. The number of aromatic amines is 1. The van der Waals surface area contributed by atoms with Crippen molar-refractivity contribution in [2.75, 3.05) is 66.4 Å². The van der Waals surface area contributed by atoms with Crippen molar-refractivity contribution in [2.24, 2.45) is 35.3 Å². The van der Waals surface area contributed by atoms with Gasteiger partial charge in [0.25, 0.3) is 6.47 Å². The van der Waals surface area contributed by atoms with Crippen molar-refractivity contribution in [1.82, 2.24) is 61.4 Å². The number of thioether (sulfide) groups is 1. The molecule has 0 unspecified atom stereocenters. The molecule has 6 aromatic carbocycles. The molecule has 0 spiro atoms. The van der Waals surface area contributed by atoms with E-state index in [0.29, 0.717) is 44.3 Å². The number of amides is 12. The third-order valence-corrected chi connectivity index (χ3v) is 23.8. The number of fused-ring (bicyclic) bond motifs is 1. The zero-order valence-corrected chi connectivity index (χ0v) is 75.7. The molecule has 11 N–H and O–H groups in total. The van der Waals surface area contributed by atoms with Gasteiger partial charge in [0.1, 0.15) is 72.2 Å². The Morgan fingerprint density at radius 1 is 0.465 bits per heavy atom. The summed E-state index contributed by atoms with van der Waals surface area (Å²) in [4.78, 5) is 244. The Morgan fingerprint density at radius 3 is 1.48 bits per heavy atom. The van der Waals surface area contributed by atoms with Crippen molar-refractivity contribution < 1.29 is 91.7 Å². The van der Waals surface area contributed by atoms with Crippen LogP contribution in [-0.2, 0) is 120 Å². The van der Waals surface area contributed by atoms with Gasteiger partial charge in [-0.3, -0.25) is 76.7 Å². The molecule has 1 fully saturated rings. The number of phenolic OH excluding ortho intramolecular Hbond substituents is 2. The van der Waals surface area contributed by atoms with E-state index < -0.39 is 211 Å². The van der Waals surface area contributed by atoms with Gasteiger partial charge in [0.15, 0.2) is 11.6 Å². The van der Waals surface area contributed by atoms with Gasteiger partial charge < -0.3 is 82.1 Å². The van der Waals surface area contributed by atoms with Crippen LogP contribution >= 0.6 is 11.8 Å². The molecule has 1 aromatic heterocycles. The minimum atomic E-state index is -1.58. The molecule has 12 amide bonds. The lowest BCUT2D eigenvalue weighted by Crippen LogP contribution is -2.59. The first kappa shape index (κ1) is 101. The van der Waals surface area contributed by atoms with E-state index in [1.165, 1.54) is 93.6 Å². The van der Waals surface area contributed by atoms with E-state index >= 15 is 43.2 Å². The maximum absolute atomic E-state index is 15.6. The molecule has 2 heterocycles. The highest BCUT2D eigenvalue weighted by molar-refractivity contribution is 8.00. The number of benzene rings is 6. The van der Waals surface area contributed by atoms with Crippen molar-refractivity contribution in [3.63, 3.8) is 0 Å². The highest BCUT2D eigenvalue weighted by atomic mass is 32.2. The van der Waals surface area contributed by atoms with E-state index in [1.807, 2.05) is 13.8 Å². The van der Waals surface area contributed by atoms with E-state index in [2.05, 4.69) is 36.9 Å². The van der Waals surface area contributed by atoms with Crippen LogP contribution in [0.5, 0.6) is 11.5 Å². The topological polar surface area (TPSA) is 453 Å². The van der Waals surface area contributed by atoms with Crippen molar-refractivity contribution in [2.45, 2.75) is 173 Å². The molecule has 1 saturated heterocycles. The summed E-state index contributed by atoms with van der Waals surface area (Å²) in [5.41, 5.74) is 9.35. The fourth-order valence-electron chi connectivity index (χ4n) is 15.5. The zero-order valence-electron chi connectivity index (χ0n) is 74.9. The number of para-hydroxylation sites is 1. The van der Waals surface area contributed by atoms with Crippen LogP contribution < -0.4 is 37.6 Å². The second-order valence-electron chi connectivity index (χ2n) is 34.2. The fraction of sp³-hybridized carbons (Fsp3) is 0.438. The minimum Gasteiger partial charge on any atom is -0.508 e. The monoisotopic (exact) mass is 1790 g/mol. The normalized spacial score (nSPS) is 22.1. The van der Waals surface area contributed by atoms with E-state index in [9.17, 15) is 43.8 Å². The Bertz CT molecular complexity index is 5040. The number of nitrogens with two attached hydrogens (primary N) is 1. The molecule has 1 aliphatic rings. The SMILES string of the molecule is CC(C)C[C@@H]1NC(=O)[C@H](Cc2ccc(O)cc2)NC(=O)[C@H](Cc2c[nH]c3ccccc23)NC(=O)CN(C)C(=O)[C@H](Cc2ccc(O)cc2)NC(=O)[C@H](Cc2ccccc2)N(C)C(=O)[C@H](C(C)C)CC(=O)[C@H](COC=O)CC(=O)CN(C)C(=O)[C@H](CC(C)C)N(C)C(=O)[C@H](Cc2ccccc2)N(C)C(=O)[C@H](Cc2ccccc2)NC(=O)CSC[C@@H](C(=O)CCC(N)=O)NC1=O. The number of nitrogens with one attached hydrogen (secondary N) is 7. The standard InChI is InChI=1S/C96H121N13O19S/c1-58(2)41-74-88(119)104-79(83(114)39-40-85(97)116)55-129-56-87(118)100-78(44-61-23-15-12-16-24-61)94(125)108(10)82(47-63-27-19-14-20-28-63)96(127)109(11)81(42-59(3)4)95(126)105(7)52-70(113)48-67(54-128-57-110)84(115)50-72(60(5)6)92(123)107(9)80(46-62-25-17-13-18-26-62)91(122)103-77(45-65-33-37-69(112)38-34-65)93(124)106(8)53-86(117)99-76(49-66-51-98-73-30-22-21-29-71(66)73)90(121)102-75(89(120)101-74)43-64-31-35-68(111)36-32-64/h12-38,51,57-60,67,72,74-82,98,111-112H,39-50,52-56H2,1-11H3,(H2,97,116)(H,99,117)(H,100,118)(H,101,120)(H,102,121)(H,103,122)(H,104,119)/t67-,72-,74-,75-,76-,77-,78-,79-,80-,81-,82-/m0/s1. The summed E-state index contributed by atoms with van der Waals surface area (Å²) in [7, 11) is 6.80. The second-order valence-corrected chi connectivity index (χ2v) is 35.3. The Balaban J connectivity index is 1.21. The Labute approximate surface area is 756 Å². The first-order valence-electron chi connectivity index (χ1n) is 43.2. The molecule has 32 nitrogen and oxygen atoms in total. The van der Waals surface area contributed by atoms with Gasteiger partial charge in [-0.25, -0.2) is 0 Å². The number of nitrogens with zero attached hydrogens (tertiary/aromatic N) is 5. The van der Waals surface area contributed by atoms with E-state index in [4.69, 9.17) is 10.5 Å². The number of primary amides is 1. The predicted octanol–water partition coefficient (Wildman–Crippen LogP) is 5.30. The first-order valence-corrected chi connectivity index (χ1v) is 44.3. The molecule has 11 atom stereocenters. The Morgan fingerprint density at radius 2 is 0.930 bits per heavy atom. The number of carbonyl (C=O) groups is 16. The molecule has 0 aliphatic carbocycles. The van der Waals surface area contributed by atoms with Crippen LogP contribution in [0, 0.1) is 29.6 Å². The molecule has 0 saturated carbocycles. The smallest absolute Gasteiger partial charge is 0.293 e. The Hall–Kier alpha value is -13.1. The van der Waals surface area contributed by atoms with Gasteiger partial charge in [0.2, 0.25) is 70.9 Å². The van der Waals surface area contributed by atoms with Crippen LogP contribution in [0.15, 0.2) is 170 Å². The Kier molecular flexibility index (Phi) is 38.7. The number of hydrogen-bond acceptors (Lipinski definition) is 20. The molecule has 0 bridgehead atoms. The highest BCUT2D eigenvalue weighted by Crippen LogP contribution is 2.28. The van der Waals surface area contributed by atoms with Gasteiger partial charge >= 0.3 is 0 Å². The lowest BCUT2D eigenvalue weighted by atomic mass is 9.84. The summed E-state index contributed by atoms with van der Waals surface area (Å²) in [6, 6.07) is 31.7. The summed E-state index contributed by atoms with van der Waals surface area (Å²) < 4.78 is 5.16. The summed E-state index contributed by atoms with van der Waals surface area (Å²) in [6.45, 7) is 8.63. The number of Topliss-reactive ketones (excluding diaryl/α,β-unsaturated/α-hetero) is 3. The van der Waals surface area contributed by atoms with Crippen LogP contribution in [-0.4, -0.2) is 255 Å². The molecule has 8 rings (SSSR count). The molecular weight excluding hydrogens is 1670 g/mol. The third-order valence-electron chi connectivity index (χ3n) is 22.8. The third kappa shape index (κ3) is 30.9. The van der Waals surface area contributed by atoms with Crippen LogP contribution in [0.1, 0.15) is 113 Å². The molecule has 1 aliphatic heterocycles. The maximum atomic E-state index is 15.6. The fourth-order valence-corrected chi connectivity index (χ4v) is 16.4. The second kappa shape index (κ2) is 49.3. The minimum absolute atomic E-state index is 0.0480. The number of H-pyrrole nitrogens is 1. The summed E-state index contributed by atoms with van der Waals surface area (Å²) >= 11 is 0.880. The van der Waals surface area contributed by atoms with Gasteiger partial charge in [-0.05, 0) is 94.3 Å². The average Bonchev–Trinajstić information content (AvgIpc) is 1.75. The van der Waals surface area contributed by atoms with Gasteiger partial charge in [0.05, 0.1) is 30.8 Å². The number of aromatic nitrogens is 1. The van der Waals surface area contributed by atoms with Crippen molar-refractivity contribution in [1.29, 1.82) is 0 Å². The number of ether oxygens (including phenoxy) is 1. The van der Waals surface area contributed by atoms with E-state index in [1.54, 1.807) is 149 Å². The maximum Gasteiger partial charge on any atom is 0.293 e. The van der Waals surface area contributed by atoms with Crippen LogP contribution in [0.3, 0.4) is 0 Å². The van der Waals surface area contributed by atoms with Crippen LogP contribution in [0.2, 0.25) is 0 Å². The average molecular weight is 1790 g/mol. The summed E-state index contributed by atoms with van der Waals surface area (Å²) in [5, 5.41) is 38.2. The molecule has 0 radical (unpaired) electrons. The molecule has 33 heteroatoms. The number of aromatic hydroxyl groups is 2. The van der Waals surface area contributed by atoms with Crippen molar-refractivity contribution in [3.8, 4) is 11.5 Å². The zero-order chi connectivity index (χ0) is 94.3. The molecule has 7 aromatic rings. The molecule has 129 heavy (non-hydrogen) atoms. The number of hydrogen-bond donors (Lipinski definition) is 10. The lowest BCUT2D eigenvalue weighted by molar-refractivity contribution is -0.151. The first-order chi connectivity index (χ1) is 61.4. The molecule has 690 valence electrons. The number of likely N-dealkylation sites (N-methyl/N-ethyl adjacent to an activating group) is 5. The van der Waals surface area contributed by atoms with Crippen molar-refractivity contribution in [3.05, 3.63) is 203 Å². The van der Waals surface area contributed by atoms with Gasteiger partial charge in [0, 0.05) is 128 Å². The van der Waals surface area contributed by atoms with Gasteiger partial charge in [-0.2, -0.15) is 0 Å². The van der Waals surface area contributed by atoms with Crippen molar-refractivity contribution >= 4 is 117 Å². The lowest BCUT2D eigenvalue weighted by Gasteiger charge is -2.37. The number of rotatable bonds is 24. The van der Waals surface area contributed by atoms with E-state index in [0.717, 1.165) is 26.5 Å². The summed E-state index contributed by atoms with van der Waals surface area (Å²) in [6.07, 6.45) is -1.53. The van der Waals surface area contributed by atoms with Crippen LogP contribution in [0.25, 0.3) is 10.9 Å². The quantitative estimate of drug-likeness (QED) is 0.0343. The highest BCUT2D eigenvalue weighted by Gasteiger charge is 2.43. The van der Waals surface area contributed by atoms with Gasteiger partial charge in [-0.1, -0.05) is 175 Å².